The summed E-state index contributed by atoms with van der Waals surface area (Å²) in [5.74, 6) is -1.17. The Labute approximate surface area is 325 Å². The van der Waals surface area contributed by atoms with Crippen molar-refractivity contribution in [3.63, 3.8) is 0 Å². The van der Waals surface area contributed by atoms with Gasteiger partial charge in [0.25, 0.3) is 0 Å². The van der Waals surface area contributed by atoms with E-state index < -0.39 is 22.6 Å². The molecular weight excluding hydrogens is 649 g/mol. The fourth-order valence-corrected chi connectivity index (χ4v) is 7.41. The number of hydrogen-bond donors (Lipinski definition) is 4. The van der Waals surface area contributed by atoms with Crippen LogP contribution >= 0.6 is 0 Å². The van der Waals surface area contributed by atoms with Crippen molar-refractivity contribution in [1.82, 2.24) is 0 Å². The van der Waals surface area contributed by atoms with E-state index in [1.165, 1.54) is 103 Å². The van der Waals surface area contributed by atoms with E-state index in [0.29, 0.717) is 25.9 Å². The zero-order valence-corrected chi connectivity index (χ0v) is 36.4. The third-order valence-corrected chi connectivity index (χ3v) is 11.6. The van der Waals surface area contributed by atoms with Crippen LogP contribution in [0.3, 0.4) is 0 Å². The Morgan fingerprint density at radius 3 is 1.13 bits per heavy atom. The zero-order valence-electron chi connectivity index (χ0n) is 36.4. The van der Waals surface area contributed by atoms with Crippen LogP contribution in [0.25, 0.3) is 0 Å². The molecule has 52 heavy (non-hydrogen) atoms. The van der Waals surface area contributed by atoms with Crippen molar-refractivity contribution in [3.8, 4) is 0 Å². The lowest BCUT2D eigenvalue weighted by Gasteiger charge is -2.41. The summed E-state index contributed by atoms with van der Waals surface area (Å²) in [7, 11) is 0. The van der Waals surface area contributed by atoms with Crippen LogP contribution in [-0.4, -0.2) is 61.8 Å². The van der Waals surface area contributed by atoms with Gasteiger partial charge in [-0.25, -0.2) is 0 Å². The summed E-state index contributed by atoms with van der Waals surface area (Å²) < 4.78 is 12.5. The molecule has 0 aromatic rings. The third-order valence-electron chi connectivity index (χ3n) is 11.6. The Morgan fingerprint density at radius 2 is 0.750 bits per heavy atom. The molecule has 0 aliphatic carbocycles. The molecule has 4 atom stereocenters. The van der Waals surface area contributed by atoms with Gasteiger partial charge < -0.3 is 29.9 Å². The van der Waals surface area contributed by atoms with E-state index >= 15 is 0 Å². The summed E-state index contributed by atoms with van der Waals surface area (Å²) in [6, 6.07) is 0. The molecule has 0 spiro atoms. The molecule has 0 saturated heterocycles. The lowest BCUT2D eigenvalue weighted by atomic mass is 9.82. The van der Waals surface area contributed by atoms with E-state index in [9.17, 15) is 20.4 Å². The van der Waals surface area contributed by atoms with E-state index in [1.807, 2.05) is 34.6 Å². The summed E-state index contributed by atoms with van der Waals surface area (Å²) in [6.45, 7) is 16.6. The molecule has 0 saturated carbocycles. The Balaban J connectivity index is 4.02. The van der Waals surface area contributed by atoms with Crippen LogP contribution in [0.4, 0.5) is 0 Å². The maximum atomic E-state index is 11.3. The fourth-order valence-electron chi connectivity index (χ4n) is 7.41. The molecule has 0 aromatic heterocycles. The highest BCUT2D eigenvalue weighted by Crippen LogP contribution is 2.33. The number of hydrogen-bond acceptors (Lipinski definition) is 6. The monoisotopic (exact) mass is 743 g/mol. The molecule has 6 heteroatoms. The molecule has 0 aromatic carbocycles. The average Bonchev–Trinajstić information content (AvgIpc) is 3.06. The van der Waals surface area contributed by atoms with Crippen LogP contribution in [0.2, 0.25) is 0 Å². The second-order valence-electron chi connectivity index (χ2n) is 18.2. The van der Waals surface area contributed by atoms with Crippen LogP contribution in [0.5, 0.6) is 0 Å². The molecule has 0 aliphatic rings. The van der Waals surface area contributed by atoms with Crippen molar-refractivity contribution < 1.29 is 29.9 Å². The minimum Gasteiger partial charge on any atom is -0.393 e. The van der Waals surface area contributed by atoms with E-state index in [0.717, 1.165) is 77.0 Å². The first-order chi connectivity index (χ1) is 24.6. The van der Waals surface area contributed by atoms with Crippen molar-refractivity contribution >= 4 is 0 Å². The van der Waals surface area contributed by atoms with E-state index in [2.05, 4.69) is 13.8 Å². The number of rotatable bonds is 39. The summed E-state index contributed by atoms with van der Waals surface area (Å²) in [5.41, 5.74) is -2.14. The number of unbranched alkanes of at least 4 members (excludes halogenated alkanes) is 20. The number of aliphatic hydroxyl groups is 4. The first-order valence-electron chi connectivity index (χ1n) is 22.7. The molecule has 0 aliphatic heterocycles. The minimum atomic E-state index is -1.17. The predicted molar refractivity (Wildman–Crippen MR) is 223 cm³/mol. The van der Waals surface area contributed by atoms with Gasteiger partial charge in [0.05, 0.1) is 35.6 Å². The van der Waals surface area contributed by atoms with Gasteiger partial charge in [-0.15, -0.1) is 0 Å². The first-order valence-corrected chi connectivity index (χ1v) is 22.7. The second-order valence-corrected chi connectivity index (χ2v) is 18.2. The predicted octanol–water partition coefficient (Wildman–Crippen LogP) is 12.9. The quantitative estimate of drug-likeness (QED) is 0.0370. The third kappa shape index (κ3) is 30.0. The molecular formula is C46H94O6. The maximum Gasteiger partial charge on any atom is 0.163 e. The highest BCUT2D eigenvalue weighted by Gasteiger charge is 2.40. The number of ether oxygens (including phenoxy) is 2. The van der Waals surface area contributed by atoms with Crippen LogP contribution in [-0.2, 0) is 9.47 Å². The van der Waals surface area contributed by atoms with Gasteiger partial charge in [-0.1, -0.05) is 162 Å². The van der Waals surface area contributed by atoms with E-state index in [1.54, 1.807) is 6.92 Å². The fraction of sp³-hybridized carbons (Fsp3) is 1.00. The summed E-state index contributed by atoms with van der Waals surface area (Å²) in [5, 5.41) is 42.6. The molecule has 4 N–H and O–H groups in total. The van der Waals surface area contributed by atoms with E-state index in [4.69, 9.17) is 9.47 Å². The largest absolute Gasteiger partial charge is 0.393 e. The number of aliphatic hydroxyl groups excluding tert-OH is 2. The SMILES string of the molecule is CCCCCCC(O)CCCCCCCCCCC(C)(O)OC(C)(C)CCOC(C)(C)C(C)(O)CCCCCCCCCCC(O)CCCCCC. The molecule has 6 nitrogen and oxygen atoms in total. The van der Waals surface area contributed by atoms with Crippen molar-refractivity contribution in [3.05, 3.63) is 0 Å². The Bertz CT molecular complexity index is 779. The molecule has 0 heterocycles. The van der Waals surface area contributed by atoms with Crippen molar-refractivity contribution in [1.29, 1.82) is 0 Å². The van der Waals surface area contributed by atoms with Crippen molar-refractivity contribution in [2.45, 2.75) is 289 Å². The van der Waals surface area contributed by atoms with Gasteiger partial charge in [-0.2, -0.15) is 0 Å². The normalized spacial score (nSPS) is 16.2. The lowest BCUT2D eigenvalue weighted by Crippen LogP contribution is -2.50. The molecule has 0 radical (unpaired) electrons. The van der Waals surface area contributed by atoms with Crippen LogP contribution in [0.1, 0.15) is 254 Å². The first kappa shape index (κ1) is 51.8. The smallest absolute Gasteiger partial charge is 0.163 e. The van der Waals surface area contributed by atoms with Gasteiger partial charge in [0.1, 0.15) is 0 Å². The maximum absolute atomic E-state index is 11.3. The highest BCUT2D eigenvalue weighted by molar-refractivity contribution is 4.91. The zero-order chi connectivity index (χ0) is 39.2. The summed E-state index contributed by atoms with van der Waals surface area (Å²) in [4.78, 5) is 0. The average molecular weight is 743 g/mol. The topological polar surface area (TPSA) is 99.4 Å². The van der Waals surface area contributed by atoms with Crippen LogP contribution in [0.15, 0.2) is 0 Å². The van der Waals surface area contributed by atoms with Crippen molar-refractivity contribution in [2.24, 2.45) is 0 Å². The van der Waals surface area contributed by atoms with Gasteiger partial charge >= 0.3 is 0 Å². The van der Waals surface area contributed by atoms with Gasteiger partial charge in [-0.3, -0.25) is 0 Å². The van der Waals surface area contributed by atoms with Crippen LogP contribution in [0, 0.1) is 0 Å². The summed E-state index contributed by atoms with van der Waals surface area (Å²) >= 11 is 0. The standard InChI is InChI=1S/C46H94O6/c1-9-11-13-27-33-41(47)35-29-23-19-15-17-21-25-31-37-45(7,49)44(5,6)51-40-39-43(3,4)52-46(8,50)38-32-26-22-18-16-20-24-30-36-42(48)34-28-14-12-10-2/h41-42,47-50H,9-40H2,1-8H3. The molecule has 0 amide bonds. The Morgan fingerprint density at radius 1 is 0.423 bits per heavy atom. The van der Waals surface area contributed by atoms with Gasteiger partial charge in [0, 0.05) is 6.42 Å². The van der Waals surface area contributed by atoms with Gasteiger partial charge in [0.15, 0.2) is 5.79 Å². The van der Waals surface area contributed by atoms with Crippen molar-refractivity contribution in [2.75, 3.05) is 6.61 Å². The Hall–Kier alpha value is -0.240. The molecule has 0 bridgehead atoms. The molecule has 4 unspecified atom stereocenters. The van der Waals surface area contributed by atoms with Gasteiger partial charge in [0.2, 0.25) is 0 Å². The minimum absolute atomic E-state index is 0.104. The second kappa shape index (κ2) is 30.9. The highest BCUT2D eigenvalue weighted by atomic mass is 16.6. The molecule has 0 fully saturated rings. The lowest BCUT2D eigenvalue weighted by molar-refractivity contribution is -0.257. The van der Waals surface area contributed by atoms with E-state index in [-0.39, 0.29) is 12.2 Å². The summed E-state index contributed by atoms with van der Waals surface area (Å²) in [6.07, 6.45) is 34.3. The Kier molecular flexibility index (Phi) is 30.8. The molecule has 314 valence electrons. The van der Waals surface area contributed by atoms with Crippen LogP contribution < -0.4 is 0 Å². The van der Waals surface area contributed by atoms with Gasteiger partial charge in [-0.05, 0) is 86.5 Å². The molecule has 0 rings (SSSR count).